The van der Waals surface area contributed by atoms with E-state index in [4.69, 9.17) is 5.73 Å². The Balaban J connectivity index is 1.41. The fourth-order valence-electron chi connectivity index (χ4n) is 5.87. The Bertz CT molecular complexity index is 1600. The minimum atomic E-state index is -3.73. The third kappa shape index (κ3) is 4.86. The van der Waals surface area contributed by atoms with Gasteiger partial charge in [0.25, 0.3) is 0 Å². The summed E-state index contributed by atoms with van der Waals surface area (Å²) < 4.78 is 29.2. The molecule has 4 nitrogen and oxygen atoms in total. The molecule has 5 aromatic carbocycles. The number of nitrogens with two attached hydrogens (primary N) is 1. The van der Waals surface area contributed by atoms with Crippen molar-refractivity contribution in [2.75, 3.05) is 13.1 Å². The molecule has 0 radical (unpaired) electrons. The highest BCUT2D eigenvalue weighted by atomic mass is 32.2. The van der Waals surface area contributed by atoms with E-state index in [9.17, 15) is 8.42 Å². The highest BCUT2D eigenvalue weighted by Gasteiger charge is 2.45. The monoisotopic (exact) mass is 564 g/mol. The summed E-state index contributed by atoms with van der Waals surface area (Å²) in [5, 5.41) is 1.96. The molecule has 1 fully saturated rings. The van der Waals surface area contributed by atoms with Crippen molar-refractivity contribution >= 4 is 32.6 Å². The first-order valence-corrected chi connectivity index (χ1v) is 15.9. The molecule has 0 amide bonds. The number of hydrogen-bond donors (Lipinski definition) is 1. The van der Waals surface area contributed by atoms with Gasteiger partial charge in [0.1, 0.15) is 0 Å². The highest BCUT2D eigenvalue weighted by molar-refractivity contribution is 8.01. The van der Waals surface area contributed by atoms with Crippen molar-refractivity contribution in [2.24, 2.45) is 5.73 Å². The van der Waals surface area contributed by atoms with Crippen LogP contribution in [0.2, 0.25) is 0 Å². The van der Waals surface area contributed by atoms with Crippen LogP contribution >= 0.6 is 11.8 Å². The van der Waals surface area contributed by atoms with Gasteiger partial charge in [0.05, 0.1) is 9.64 Å². The van der Waals surface area contributed by atoms with Gasteiger partial charge >= 0.3 is 0 Å². The summed E-state index contributed by atoms with van der Waals surface area (Å²) in [6, 6.07) is 44.5. The van der Waals surface area contributed by atoms with E-state index in [0.717, 1.165) is 27.5 Å². The number of fused-ring (bicyclic) bond motifs is 1. The maximum atomic E-state index is 14.0. The highest BCUT2D eigenvalue weighted by Crippen LogP contribution is 2.52. The third-order valence-electron chi connectivity index (χ3n) is 7.81. The van der Waals surface area contributed by atoms with E-state index in [1.165, 1.54) is 0 Å². The average Bonchev–Trinajstić information content (AvgIpc) is 3.45. The third-order valence-corrected chi connectivity index (χ3v) is 11.5. The quantitative estimate of drug-likeness (QED) is 0.214. The molecular formula is C34H32N2O2S2. The molecule has 5 aromatic rings. The lowest BCUT2D eigenvalue weighted by atomic mass is 9.84. The molecule has 1 heterocycles. The predicted molar refractivity (Wildman–Crippen MR) is 166 cm³/mol. The average molecular weight is 565 g/mol. The molecule has 0 aromatic heterocycles. The van der Waals surface area contributed by atoms with Gasteiger partial charge in [0, 0.05) is 24.4 Å². The van der Waals surface area contributed by atoms with E-state index >= 15 is 0 Å². The van der Waals surface area contributed by atoms with Gasteiger partial charge in [0.2, 0.25) is 10.0 Å². The van der Waals surface area contributed by atoms with Crippen molar-refractivity contribution in [3.05, 3.63) is 150 Å². The van der Waals surface area contributed by atoms with E-state index in [-0.39, 0.29) is 17.8 Å². The van der Waals surface area contributed by atoms with Gasteiger partial charge in [-0.25, -0.2) is 8.42 Å². The first kappa shape index (κ1) is 26.8. The van der Waals surface area contributed by atoms with Crippen LogP contribution in [-0.2, 0) is 14.8 Å². The maximum absolute atomic E-state index is 14.0. The van der Waals surface area contributed by atoms with Gasteiger partial charge < -0.3 is 5.73 Å². The number of benzene rings is 5. The summed E-state index contributed by atoms with van der Waals surface area (Å²) >= 11 is 1.83. The van der Waals surface area contributed by atoms with Crippen molar-refractivity contribution in [2.45, 2.75) is 27.4 Å². The summed E-state index contributed by atoms with van der Waals surface area (Å²) in [5.41, 5.74) is 9.73. The normalized spacial score (nSPS) is 18.2. The summed E-state index contributed by atoms with van der Waals surface area (Å²) in [4.78, 5) is 0.316. The second-order valence-electron chi connectivity index (χ2n) is 10.2. The van der Waals surface area contributed by atoms with Crippen LogP contribution in [0.1, 0.15) is 23.1 Å². The lowest BCUT2D eigenvalue weighted by Crippen LogP contribution is -2.40. The van der Waals surface area contributed by atoms with Crippen molar-refractivity contribution < 1.29 is 8.42 Å². The lowest BCUT2D eigenvalue weighted by molar-refractivity contribution is 0.393. The fraction of sp³-hybridized carbons (Fsp3) is 0.176. The number of hydrogen-bond acceptors (Lipinski definition) is 4. The second-order valence-corrected chi connectivity index (χ2v) is 13.6. The fourth-order valence-corrected chi connectivity index (χ4v) is 9.57. The van der Waals surface area contributed by atoms with Crippen LogP contribution in [0.15, 0.2) is 138 Å². The molecular weight excluding hydrogens is 533 g/mol. The number of thioether (sulfide) groups is 1. The molecule has 6 rings (SSSR count). The SMILES string of the molecule is NC[C@@H]1C[C@@H](SC(c2ccccc2)(c2ccccc2)c2ccccc2)CN1S(=O)(=O)c1ccc2ccccc2c1. The lowest BCUT2D eigenvalue weighted by Gasteiger charge is -2.37. The Kier molecular flexibility index (Phi) is 7.51. The molecule has 1 saturated heterocycles. The van der Waals surface area contributed by atoms with Crippen LogP contribution in [0.3, 0.4) is 0 Å². The van der Waals surface area contributed by atoms with Gasteiger partial charge in [-0.1, -0.05) is 121 Å². The maximum Gasteiger partial charge on any atom is 0.243 e. The van der Waals surface area contributed by atoms with Crippen molar-refractivity contribution in [3.8, 4) is 0 Å². The van der Waals surface area contributed by atoms with Crippen LogP contribution in [0.25, 0.3) is 10.8 Å². The minimum absolute atomic E-state index is 0.0319. The number of rotatable bonds is 8. The summed E-state index contributed by atoms with van der Waals surface area (Å²) in [6.45, 7) is 0.675. The zero-order valence-electron chi connectivity index (χ0n) is 22.1. The van der Waals surface area contributed by atoms with Gasteiger partial charge in [-0.15, -0.1) is 11.8 Å². The van der Waals surface area contributed by atoms with E-state index < -0.39 is 14.8 Å². The molecule has 2 N–H and O–H groups in total. The Labute approximate surface area is 240 Å². The topological polar surface area (TPSA) is 63.4 Å². The summed E-state index contributed by atoms with van der Waals surface area (Å²) in [6.07, 6.45) is 0.683. The predicted octanol–water partition coefficient (Wildman–Crippen LogP) is 6.66. The van der Waals surface area contributed by atoms with E-state index in [1.54, 1.807) is 16.4 Å². The molecule has 40 heavy (non-hydrogen) atoms. The molecule has 0 saturated carbocycles. The van der Waals surface area contributed by atoms with E-state index in [1.807, 2.05) is 60.3 Å². The van der Waals surface area contributed by atoms with Crippen molar-refractivity contribution in [1.29, 1.82) is 0 Å². The first-order chi connectivity index (χ1) is 19.5. The van der Waals surface area contributed by atoms with Gasteiger partial charge in [-0.05, 0) is 46.0 Å². The molecule has 6 heteroatoms. The molecule has 0 aliphatic carbocycles. The Hall–Kier alpha value is -3.42. The minimum Gasteiger partial charge on any atom is -0.329 e. The largest absolute Gasteiger partial charge is 0.329 e. The van der Waals surface area contributed by atoms with Crippen molar-refractivity contribution in [1.82, 2.24) is 4.31 Å². The van der Waals surface area contributed by atoms with Crippen molar-refractivity contribution in [3.63, 3.8) is 0 Å². The second kappa shape index (κ2) is 11.2. The Morgan fingerprint density at radius 1 is 0.700 bits per heavy atom. The van der Waals surface area contributed by atoms with Crippen LogP contribution in [0.4, 0.5) is 0 Å². The molecule has 0 bridgehead atoms. The standard InChI is InChI=1S/C34H32N2O2S2/c35-24-31-23-32(25-36(31)40(37,38)33-21-20-26-12-10-11-13-27(26)22-33)39-34(28-14-4-1-5-15-28,29-16-6-2-7-17-29)30-18-8-3-9-19-30/h1-22,31-32H,23-25,35H2/t31-,32+/m0/s1. The molecule has 202 valence electrons. The zero-order valence-corrected chi connectivity index (χ0v) is 23.8. The molecule has 1 aliphatic heterocycles. The van der Waals surface area contributed by atoms with Crippen LogP contribution in [0.5, 0.6) is 0 Å². The smallest absolute Gasteiger partial charge is 0.243 e. The van der Waals surface area contributed by atoms with Gasteiger partial charge in [-0.3, -0.25) is 0 Å². The van der Waals surface area contributed by atoms with Crippen LogP contribution in [-0.4, -0.2) is 37.1 Å². The zero-order chi connectivity index (χ0) is 27.6. The Morgan fingerprint density at radius 3 is 1.73 bits per heavy atom. The van der Waals surface area contributed by atoms with E-state index in [2.05, 4.69) is 72.8 Å². The van der Waals surface area contributed by atoms with E-state index in [0.29, 0.717) is 17.9 Å². The molecule has 2 atom stereocenters. The summed E-state index contributed by atoms with van der Waals surface area (Å²) in [7, 11) is -3.73. The van der Waals surface area contributed by atoms with Gasteiger partial charge in [0.15, 0.2) is 0 Å². The summed E-state index contributed by atoms with van der Waals surface area (Å²) in [5.74, 6) is 0. The molecule has 0 unspecified atom stereocenters. The molecule has 1 aliphatic rings. The number of sulfonamides is 1. The van der Waals surface area contributed by atoms with Gasteiger partial charge in [-0.2, -0.15) is 4.31 Å². The first-order valence-electron chi connectivity index (χ1n) is 13.6. The molecule has 0 spiro atoms. The van der Waals surface area contributed by atoms with Crippen LogP contribution in [0, 0.1) is 0 Å². The number of nitrogens with zero attached hydrogens (tertiary/aromatic N) is 1. The Morgan fingerprint density at radius 2 is 1.20 bits per heavy atom. The van der Waals surface area contributed by atoms with Crippen LogP contribution < -0.4 is 5.73 Å².